The van der Waals surface area contributed by atoms with Crippen molar-refractivity contribution in [1.29, 1.82) is 0 Å². The summed E-state index contributed by atoms with van der Waals surface area (Å²) < 4.78 is 0. The summed E-state index contributed by atoms with van der Waals surface area (Å²) >= 11 is 0. The van der Waals surface area contributed by atoms with Gasteiger partial charge in [0.25, 0.3) is 0 Å². The van der Waals surface area contributed by atoms with Gasteiger partial charge < -0.3 is 10.6 Å². The molecule has 1 saturated carbocycles. The summed E-state index contributed by atoms with van der Waals surface area (Å²) in [6, 6.07) is 1.78. The molecule has 0 aliphatic heterocycles. The van der Waals surface area contributed by atoms with E-state index in [0.717, 1.165) is 18.4 Å². The average molecular weight is 303 g/mol. The van der Waals surface area contributed by atoms with Crippen LogP contribution in [-0.4, -0.2) is 23.3 Å². The molecule has 22 heavy (non-hydrogen) atoms. The Morgan fingerprint density at radius 2 is 1.91 bits per heavy atom. The van der Waals surface area contributed by atoms with Crippen molar-refractivity contribution in [2.24, 2.45) is 11.3 Å². The SMILES string of the molecule is Cc1cncc(NC(=O)C(=O)NCC2CCC(C)(C)CC2)c1. The van der Waals surface area contributed by atoms with Gasteiger partial charge in [-0.2, -0.15) is 0 Å². The van der Waals surface area contributed by atoms with Gasteiger partial charge in [-0.1, -0.05) is 13.8 Å². The molecule has 2 amide bonds. The second kappa shape index (κ2) is 6.90. The van der Waals surface area contributed by atoms with Crippen molar-refractivity contribution in [2.75, 3.05) is 11.9 Å². The van der Waals surface area contributed by atoms with Crippen LogP contribution in [0.5, 0.6) is 0 Å². The number of carbonyl (C=O) groups is 2. The van der Waals surface area contributed by atoms with Crippen LogP contribution in [0, 0.1) is 18.3 Å². The van der Waals surface area contributed by atoms with Gasteiger partial charge >= 0.3 is 11.8 Å². The van der Waals surface area contributed by atoms with Gasteiger partial charge in [-0.15, -0.1) is 0 Å². The van der Waals surface area contributed by atoms with Crippen LogP contribution in [0.15, 0.2) is 18.5 Å². The molecule has 0 atom stereocenters. The first-order valence-corrected chi connectivity index (χ1v) is 7.86. The Morgan fingerprint density at radius 1 is 1.23 bits per heavy atom. The lowest BCUT2D eigenvalue weighted by Gasteiger charge is -2.34. The molecule has 2 rings (SSSR count). The highest BCUT2D eigenvalue weighted by Gasteiger charge is 2.27. The zero-order chi connectivity index (χ0) is 16.2. The molecule has 1 aromatic heterocycles. The first kappa shape index (κ1) is 16.5. The average Bonchev–Trinajstić information content (AvgIpc) is 2.45. The predicted molar refractivity (Wildman–Crippen MR) is 86.4 cm³/mol. The third-order valence-corrected chi connectivity index (χ3v) is 4.35. The molecule has 0 aromatic carbocycles. The fourth-order valence-corrected chi connectivity index (χ4v) is 2.79. The van der Waals surface area contributed by atoms with Crippen LogP contribution in [0.4, 0.5) is 5.69 Å². The smallest absolute Gasteiger partial charge is 0.313 e. The molecular weight excluding hydrogens is 278 g/mol. The monoisotopic (exact) mass is 303 g/mol. The topological polar surface area (TPSA) is 71.1 Å². The minimum absolute atomic E-state index is 0.413. The fraction of sp³-hybridized carbons (Fsp3) is 0.588. The van der Waals surface area contributed by atoms with E-state index in [1.165, 1.54) is 19.0 Å². The van der Waals surface area contributed by atoms with Gasteiger partial charge in [0.15, 0.2) is 0 Å². The number of nitrogens with one attached hydrogen (secondary N) is 2. The van der Waals surface area contributed by atoms with Crippen LogP contribution in [0.1, 0.15) is 45.1 Å². The van der Waals surface area contributed by atoms with E-state index in [0.29, 0.717) is 23.6 Å². The zero-order valence-electron chi connectivity index (χ0n) is 13.6. The van der Waals surface area contributed by atoms with Crippen molar-refractivity contribution < 1.29 is 9.59 Å². The molecule has 0 unspecified atom stereocenters. The van der Waals surface area contributed by atoms with Gasteiger partial charge in [0.05, 0.1) is 11.9 Å². The Balaban J connectivity index is 1.76. The second-order valence-electron chi connectivity index (χ2n) is 7.02. The number of anilines is 1. The number of nitrogens with zero attached hydrogens (tertiary/aromatic N) is 1. The Bertz CT molecular complexity index is 545. The summed E-state index contributed by atoms with van der Waals surface area (Å²) in [6.45, 7) is 7.03. The Labute approximate surface area is 131 Å². The summed E-state index contributed by atoms with van der Waals surface area (Å²) in [5, 5.41) is 5.31. The number of aryl methyl sites for hydroxylation is 1. The number of hydrogen-bond donors (Lipinski definition) is 2. The molecule has 5 heteroatoms. The number of carbonyl (C=O) groups excluding carboxylic acids is 2. The fourth-order valence-electron chi connectivity index (χ4n) is 2.79. The second-order valence-corrected chi connectivity index (χ2v) is 7.02. The number of aromatic nitrogens is 1. The Kier molecular flexibility index (Phi) is 5.16. The number of amides is 2. The van der Waals surface area contributed by atoms with Crippen molar-refractivity contribution in [2.45, 2.75) is 46.5 Å². The third kappa shape index (κ3) is 4.83. The van der Waals surface area contributed by atoms with Gasteiger partial charge in [-0.3, -0.25) is 14.6 Å². The maximum atomic E-state index is 11.9. The molecule has 120 valence electrons. The highest BCUT2D eigenvalue weighted by molar-refractivity contribution is 6.39. The lowest BCUT2D eigenvalue weighted by Crippen LogP contribution is -2.39. The van der Waals surface area contributed by atoms with Crippen LogP contribution in [0.25, 0.3) is 0 Å². The van der Waals surface area contributed by atoms with Crippen molar-refractivity contribution in [1.82, 2.24) is 10.3 Å². The molecule has 1 heterocycles. The maximum absolute atomic E-state index is 11.9. The van der Waals surface area contributed by atoms with E-state index in [-0.39, 0.29) is 0 Å². The molecular formula is C17H25N3O2. The number of rotatable bonds is 3. The van der Waals surface area contributed by atoms with Gasteiger partial charge in [-0.05, 0) is 55.6 Å². The summed E-state index contributed by atoms with van der Waals surface area (Å²) in [4.78, 5) is 27.7. The Morgan fingerprint density at radius 3 is 2.55 bits per heavy atom. The zero-order valence-corrected chi connectivity index (χ0v) is 13.6. The van der Waals surface area contributed by atoms with Gasteiger partial charge in [0.1, 0.15) is 0 Å². The van der Waals surface area contributed by atoms with E-state index in [1.54, 1.807) is 12.3 Å². The molecule has 1 aliphatic carbocycles. The van der Waals surface area contributed by atoms with E-state index in [1.807, 2.05) is 6.92 Å². The molecule has 5 nitrogen and oxygen atoms in total. The van der Waals surface area contributed by atoms with Crippen LogP contribution >= 0.6 is 0 Å². The number of pyridine rings is 1. The predicted octanol–water partition coefficient (Wildman–Crippen LogP) is 2.66. The molecule has 0 saturated heterocycles. The summed E-state index contributed by atoms with van der Waals surface area (Å²) in [6.07, 6.45) is 7.79. The summed E-state index contributed by atoms with van der Waals surface area (Å²) in [7, 11) is 0. The van der Waals surface area contributed by atoms with Crippen LogP contribution in [0.2, 0.25) is 0 Å². The molecule has 0 radical (unpaired) electrons. The van der Waals surface area contributed by atoms with Crippen molar-refractivity contribution in [3.63, 3.8) is 0 Å². The largest absolute Gasteiger partial charge is 0.348 e. The van der Waals surface area contributed by atoms with Gasteiger partial charge in [0.2, 0.25) is 0 Å². The van der Waals surface area contributed by atoms with Gasteiger partial charge in [0, 0.05) is 12.7 Å². The molecule has 1 aromatic rings. The third-order valence-electron chi connectivity index (χ3n) is 4.35. The molecule has 0 bridgehead atoms. The Hall–Kier alpha value is -1.91. The normalized spacial score (nSPS) is 17.8. The maximum Gasteiger partial charge on any atom is 0.313 e. The van der Waals surface area contributed by atoms with Crippen LogP contribution in [0.3, 0.4) is 0 Å². The first-order chi connectivity index (χ1) is 10.4. The van der Waals surface area contributed by atoms with E-state index in [4.69, 9.17) is 0 Å². The minimum Gasteiger partial charge on any atom is -0.348 e. The lowest BCUT2D eigenvalue weighted by atomic mass is 9.73. The molecule has 1 fully saturated rings. The highest BCUT2D eigenvalue weighted by atomic mass is 16.2. The number of hydrogen-bond acceptors (Lipinski definition) is 3. The molecule has 1 aliphatic rings. The van der Waals surface area contributed by atoms with E-state index < -0.39 is 11.8 Å². The summed E-state index contributed by atoms with van der Waals surface area (Å²) in [5.74, 6) is -0.736. The molecule has 2 N–H and O–H groups in total. The molecule has 0 spiro atoms. The van der Waals surface area contributed by atoms with E-state index in [9.17, 15) is 9.59 Å². The lowest BCUT2D eigenvalue weighted by molar-refractivity contribution is -0.136. The minimum atomic E-state index is -0.636. The van der Waals surface area contributed by atoms with Crippen LogP contribution < -0.4 is 10.6 Å². The van der Waals surface area contributed by atoms with Crippen LogP contribution in [-0.2, 0) is 9.59 Å². The highest BCUT2D eigenvalue weighted by Crippen LogP contribution is 2.37. The van der Waals surface area contributed by atoms with E-state index in [2.05, 4.69) is 29.5 Å². The van der Waals surface area contributed by atoms with Crippen molar-refractivity contribution >= 4 is 17.5 Å². The first-order valence-electron chi connectivity index (χ1n) is 7.86. The van der Waals surface area contributed by atoms with Gasteiger partial charge in [-0.25, -0.2) is 0 Å². The standard InChI is InChI=1S/C17H25N3O2/c1-12-8-14(11-18-9-12)20-16(22)15(21)19-10-13-4-6-17(2,3)7-5-13/h8-9,11,13H,4-7,10H2,1-3H3,(H,19,21)(H,20,22). The van der Waals surface area contributed by atoms with Crippen molar-refractivity contribution in [3.8, 4) is 0 Å². The quantitative estimate of drug-likeness (QED) is 0.843. The summed E-state index contributed by atoms with van der Waals surface area (Å²) in [5.41, 5.74) is 1.89. The van der Waals surface area contributed by atoms with E-state index >= 15 is 0 Å². The van der Waals surface area contributed by atoms with Crippen molar-refractivity contribution in [3.05, 3.63) is 24.0 Å².